The normalized spacial score (nSPS) is 17.5. The summed E-state index contributed by atoms with van der Waals surface area (Å²) in [7, 11) is -1.67. The van der Waals surface area contributed by atoms with Crippen molar-refractivity contribution in [1.82, 2.24) is 0 Å². The lowest BCUT2D eigenvalue weighted by Crippen LogP contribution is -2.08. The molecule has 3 aromatic carbocycles. The van der Waals surface area contributed by atoms with Crippen LogP contribution in [0.25, 0.3) is 0 Å². The molecule has 1 aliphatic heterocycles. The van der Waals surface area contributed by atoms with Crippen LogP contribution < -0.4 is 0 Å². The summed E-state index contributed by atoms with van der Waals surface area (Å²) in [6, 6.07) is 20.8. The van der Waals surface area contributed by atoms with Crippen molar-refractivity contribution in [1.29, 1.82) is 0 Å². The highest BCUT2D eigenvalue weighted by molar-refractivity contribution is 7.85. The summed E-state index contributed by atoms with van der Waals surface area (Å²) >= 11 is 0. The fourth-order valence-corrected chi connectivity index (χ4v) is 4.26. The molecule has 0 aromatic heterocycles. The summed E-state index contributed by atoms with van der Waals surface area (Å²) < 4.78 is 57.2. The molecule has 0 unspecified atom stereocenters. The highest BCUT2D eigenvalue weighted by atomic mass is 32.2. The van der Waals surface area contributed by atoms with Gasteiger partial charge in [-0.25, -0.2) is 9.20 Å². The molecule has 0 N–H and O–H groups in total. The minimum atomic E-state index is -4.43. The van der Waals surface area contributed by atoms with Crippen molar-refractivity contribution in [3.05, 3.63) is 95.6 Å². The van der Waals surface area contributed by atoms with Crippen LogP contribution in [0.5, 0.6) is 0 Å². The molecule has 29 heavy (non-hydrogen) atoms. The Morgan fingerprint density at radius 3 is 2.24 bits per heavy atom. The van der Waals surface area contributed by atoms with Crippen LogP contribution in [-0.4, -0.2) is 16.7 Å². The number of hydrogen-bond acceptors (Lipinski definition) is 3. The van der Waals surface area contributed by atoms with Gasteiger partial charge >= 0.3 is 6.18 Å². The van der Waals surface area contributed by atoms with Gasteiger partial charge in [0.15, 0.2) is 0 Å². The Bertz CT molecular complexity index is 1060. The first kappa shape index (κ1) is 19.4. The highest BCUT2D eigenvalue weighted by Gasteiger charge is 2.30. The third kappa shape index (κ3) is 4.10. The maximum Gasteiger partial charge on any atom is 0.416 e. The first-order valence-corrected chi connectivity index (χ1v) is 10.0. The van der Waals surface area contributed by atoms with Crippen LogP contribution in [0.3, 0.4) is 0 Å². The van der Waals surface area contributed by atoms with Crippen LogP contribution in [0.1, 0.15) is 22.7 Å². The van der Waals surface area contributed by atoms with Crippen molar-refractivity contribution in [2.45, 2.75) is 22.0 Å². The molecule has 0 saturated heterocycles. The van der Waals surface area contributed by atoms with Crippen LogP contribution in [0.15, 0.2) is 93.6 Å². The quantitative estimate of drug-likeness (QED) is 0.573. The number of alkyl halides is 3. The molecule has 0 spiro atoms. The molecule has 3 aromatic rings. The molecular weight excluding hydrogens is 399 g/mol. The minimum Gasteiger partial charge on any atom is -0.475 e. The van der Waals surface area contributed by atoms with Crippen molar-refractivity contribution >= 4 is 16.7 Å². The molecule has 0 aliphatic carbocycles. The van der Waals surface area contributed by atoms with Crippen LogP contribution >= 0.6 is 0 Å². The number of benzene rings is 3. The molecule has 7 heteroatoms. The molecule has 0 saturated carbocycles. The van der Waals surface area contributed by atoms with Gasteiger partial charge in [0.1, 0.15) is 12.6 Å². The zero-order valence-corrected chi connectivity index (χ0v) is 15.9. The molecular formula is C22H16F3NO2S. The van der Waals surface area contributed by atoms with Gasteiger partial charge in [0.05, 0.1) is 26.8 Å². The second-order valence-corrected chi connectivity index (χ2v) is 7.91. The second-order valence-electron chi connectivity index (χ2n) is 6.46. The fraction of sp³-hybridized carbons (Fsp3) is 0.136. The molecule has 0 bridgehead atoms. The Balaban J connectivity index is 1.64. The first-order valence-electron chi connectivity index (χ1n) is 8.87. The maximum atomic E-state index is 13.1. The Labute approximate surface area is 168 Å². The van der Waals surface area contributed by atoms with E-state index < -0.39 is 22.5 Å². The molecule has 0 fully saturated rings. The predicted molar refractivity (Wildman–Crippen MR) is 104 cm³/mol. The SMILES string of the molecule is O=[S@@](c1ccc(C(F)(F)F)cc1)c1ccccc1C1=N[C@H](c2ccccc2)CO1. The Morgan fingerprint density at radius 1 is 0.897 bits per heavy atom. The number of hydrogen-bond donors (Lipinski definition) is 0. The molecule has 1 aliphatic rings. The van der Waals surface area contributed by atoms with E-state index in [0.29, 0.717) is 23.0 Å². The van der Waals surface area contributed by atoms with E-state index in [2.05, 4.69) is 4.99 Å². The van der Waals surface area contributed by atoms with E-state index in [1.54, 1.807) is 24.3 Å². The van der Waals surface area contributed by atoms with E-state index in [9.17, 15) is 17.4 Å². The van der Waals surface area contributed by atoms with Crippen molar-refractivity contribution in [3.63, 3.8) is 0 Å². The summed E-state index contributed by atoms with van der Waals surface area (Å²) in [5, 5.41) is 0. The largest absolute Gasteiger partial charge is 0.475 e. The van der Waals surface area contributed by atoms with E-state index in [4.69, 9.17) is 4.74 Å². The molecule has 0 amide bonds. The van der Waals surface area contributed by atoms with E-state index >= 15 is 0 Å². The summed E-state index contributed by atoms with van der Waals surface area (Å²) in [6.07, 6.45) is -4.43. The lowest BCUT2D eigenvalue weighted by atomic mass is 10.1. The summed E-state index contributed by atoms with van der Waals surface area (Å²) in [6.45, 7) is 0.376. The Hall–Kier alpha value is -2.93. The third-order valence-corrected chi connectivity index (χ3v) is 6.00. The highest BCUT2D eigenvalue weighted by Crippen LogP contribution is 2.31. The number of ether oxygens (including phenoxy) is 1. The third-order valence-electron chi connectivity index (χ3n) is 4.55. The van der Waals surface area contributed by atoms with Crippen LogP contribution in [-0.2, 0) is 21.7 Å². The summed E-state index contributed by atoms with van der Waals surface area (Å²) in [5.41, 5.74) is 0.814. The first-order chi connectivity index (χ1) is 13.9. The zero-order chi connectivity index (χ0) is 20.4. The van der Waals surface area contributed by atoms with Crippen LogP contribution in [0.2, 0.25) is 0 Å². The maximum absolute atomic E-state index is 13.1. The van der Waals surface area contributed by atoms with E-state index in [1.165, 1.54) is 12.1 Å². The van der Waals surface area contributed by atoms with Gasteiger partial charge < -0.3 is 4.74 Å². The van der Waals surface area contributed by atoms with Gasteiger partial charge in [-0.15, -0.1) is 0 Å². The van der Waals surface area contributed by atoms with E-state index in [1.807, 2.05) is 30.3 Å². The average molecular weight is 415 g/mol. The van der Waals surface area contributed by atoms with E-state index in [-0.39, 0.29) is 10.9 Å². The molecule has 2 atom stereocenters. The van der Waals surface area contributed by atoms with Crippen molar-refractivity contribution < 1.29 is 22.1 Å². The topological polar surface area (TPSA) is 38.7 Å². The average Bonchev–Trinajstić information content (AvgIpc) is 3.23. The van der Waals surface area contributed by atoms with Gasteiger partial charge in [0, 0.05) is 4.90 Å². The second kappa shape index (κ2) is 7.83. The molecule has 0 radical (unpaired) electrons. The lowest BCUT2D eigenvalue weighted by Gasteiger charge is -2.10. The van der Waals surface area contributed by atoms with Gasteiger partial charge in [-0.05, 0) is 42.0 Å². The Kier molecular flexibility index (Phi) is 5.24. The van der Waals surface area contributed by atoms with Crippen molar-refractivity contribution in [3.8, 4) is 0 Å². The lowest BCUT2D eigenvalue weighted by molar-refractivity contribution is -0.137. The van der Waals surface area contributed by atoms with Crippen LogP contribution in [0, 0.1) is 0 Å². The number of aliphatic imine (C=N–C) groups is 1. The zero-order valence-electron chi connectivity index (χ0n) is 15.1. The fourth-order valence-electron chi connectivity index (χ4n) is 3.07. The standard InChI is InChI=1S/C22H16F3NO2S/c23-22(24,25)16-10-12-17(13-11-16)29(27)20-9-5-4-8-18(20)21-26-19(14-28-21)15-6-2-1-3-7-15/h1-13,19H,14H2/t19-,29-/m0/s1. The van der Waals surface area contributed by atoms with E-state index in [0.717, 1.165) is 17.7 Å². The minimum absolute atomic E-state index is 0.154. The molecule has 3 nitrogen and oxygen atoms in total. The smallest absolute Gasteiger partial charge is 0.416 e. The summed E-state index contributed by atoms with van der Waals surface area (Å²) in [4.78, 5) is 5.35. The predicted octanol–water partition coefficient (Wildman–Crippen LogP) is 5.39. The van der Waals surface area contributed by atoms with Gasteiger partial charge in [0.2, 0.25) is 5.90 Å². The molecule has 4 rings (SSSR count). The van der Waals surface area contributed by atoms with Gasteiger partial charge in [-0.3, -0.25) is 0 Å². The summed E-state index contributed by atoms with van der Waals surface area (Å²) in [5.74, 6) is 0.384. The number of halogens is 3. The monoisotopic (exact) mass is 415 g/mol. The van der Waals surface area contributed by atoms with Gasteiger partial charge in [-0.1, -0.05) is 42.5 Å². The number of rotatable bonds is 4. The Morgan fingerprint density at radius 2 is 1.55 bits per heavy atom. The van der Waals surface area contributed by atoms with Crippen molar-refractivity contribution in [2.75, 3.05) is 6.61 Å². The van der Waals surface area contributed by atoms with Gasteiger partial charge in [0.25, 0.3) is 0 Å². The van der Waals surface area contributed by atoms with Crippen molar-refractivity contribution in [2.24, 2.45) is 4.99 Å². The molecule has 148 valence electrons. The number of nitrogens with zero attached hydrogens (tertiary/aromatic N) is 1. The van der Waals surface area contributed by atoms with Crippen LogP contribution in [0.4, 0.5) is 13.2 Å². The van der Waals surface area contributed by atoms with Gasteiger partial charge in [-0.2, -0.15) is 13.2 Å². The molecule has 1 heterocycles.